The van der Waals surface area contributed by atoms with Crippen LogP contribution < -0.4 is 15.4 Å². The molecule has 0 saturated heterocycles. The lowest BCUT2D eigenvalue weighted by atomic mass is 10.3. The van der Waals surface area contributed by atoms with Gasteiger partial charge in [-0.15, -0.1) is 0 Å². The molecule has 1 aromatic carbocycles. The van der Waals surface area contributed by atoms with E-state index >= 15 is 0 Å². The molecule has 5 nitrogen and oxygen atoms in total. The molecule has 1 amide bonds. The Morgan fingerprint density at radius 2 is 2.14 bits per heavy atom. The number of benzene rings is 1. The summed E-state index contributed by atoms with van der Waals surface area (Å²) in [6, 6.07) is 11.0. The van der Waals surface area contributed by atoms with Crippen LogP contribution in [0.3, 0.4) is 0 Å². The van der Waals surface area contributed by atoms with E-state index in [1.807, 2.05) is 37.3 Å². The van der Waals surface area contributed by atoms with Crippen molar-refractivity contribution in [2.24, 2.45) is 0 Å². The lowest BCUT2D eigenvalue weighted by Gasteiger charge is -2.08. The number of nitrogens with one attached hydrogen (secondary N) is 2. The molecule has 6 heteroatoms. The molecule has 2 rings (SSSR count). The van der Waals surface area contributed by atoms with Crippen molar-refractivity contribution in [1.29, 1.82) is 0 Å². The maximum atomic E-state index is 11.8. The van der Waals surface area contributed by atoms with Crippen LogP contribution in [0.1, 0.15) is 6.92 Å². The SMILES string of the molecule is CCOc1ccc(NCC(=O)Nc2cccc(Br)c2)cn1. The quantitative estimate of drug-likeness (QED) is 0.839. The summed E-state index contributed by atoms with van der Waals surface area (Å²) in [5.41, 5.74) is 1.52. The third-order valence-electron chi connectivity index (χ3n) is 2.59. The second-order valence-electron chi connectivity index (χ2n) is 4.23. The van der Waals surface area contributed by atoms with E-state index in [1.54, 1.807) is 12.3 Å². The molecular weight excluding hydrogens is 334 g/mol. The third kappa shape index (κ3) is 5.07. The number of hydrogen-bond acceptors (Lipinski definition) is 4. The summed E-state index contributed by atoms with van der Waals surface area (Å²) in [7, 11) is 0. The Hall–Kier alpha value is -2.08. The van der Waals surface area contributed by atoms with Crippen molar-refractivity contribution in [3.63, 3.8) is 0 Å². The van der Waals surface area contributed by atoms with Crippen LogP contribution in [0.5, 0.6) is 5.88 Å². The van der Waals surface area contributed by atoms with Crippen molar-refractivity contribution < 1.29 is 9.53 Å². The number of carbonyl (C=O) groups excluding carboxylic acids is 1. The molecule has 1 aromatic heterocycles. The van der Waals surface area contributed by atoms with Gasteiger partial charge >= 0.3 is 0 Å². The number of rotatable bonds is 6. The Morgan fingerprint density at radius 3 is 2.81 bits per heavy atom. The highest BCUT2D eigenvalue weighted by Crippen LogP contribution is 2.15. The van der Waals surface area contributed by atoms with E-state index in [9.17, 15) is 4.79 Å². The first kappa shape index (κ1) is 15.3. The monoisotopic (exact) mass is 349 g/mol. The van der Waals surface area contributed by atoms with Gasteiger partial charge in [0.05, 0.1) is 25.0 Å². The molecule has 0 fully saturated rings. The minimum absolute atomic E-state index is 0.123. The van der Waals surface area contributed by atoms with E-state index in [4.69, 9.17) is 4.74 Å². The Kier molecular flexibility index (Phi) is 5.57. The van der Waals surface area contributed by atoms with Crippen LogP contribution in [0.2, 0.25) is 0 Å². The largest absolute Gasteiger partial charge is 0.478 e. The molecule has 0 aliphatic heterocycles. The molecule has 0 saturated carbocycles. The van der Waals surface area contributed by atoms with Crippen molar-refractivity contribution in [3.8, 4) is 5.88 Å². The highest BCUT2D eigenvalue weighted by Gasteiger charge is 2.03. The second kappa shape index (κ2) is 7.64. The molecule has 0 aliphatic rings. The maximum absolute atomic E-state index is 11.8. The molecule has 0 bridgehead atoms. The van der Waals surface area contributed by atoms with Gasteiger partial charge in [0.15, 0.2) is 0 Å². The number of amides is 1. The number of aromatic nitrogens is 1. The molecule has 21 heavy (non-hydrogen) atoms. The molecule has 0 radical (unpaired) electrons. The summed E-state index contributed by atoms with van der Waals surface area (Å²) in [6.45, 7) is 2.65. The smallest absolute Gasteiger partial charge is 0.243 e. The summed E-state index contributed by atoms with van der Waals surface area (Å²) in [4.78, 5) is 16.0. The molecule has 0 atom stereocenters. The van der Waals surface area contributed by atoms with Gasteiger partial charge in [0.1, 0.15) is 0 Å². The van der Waals surface area contributed by atoms with Gasteiger partial charge in [-0.25, -0.2) is 4.98 Å². The summed E-state index contributed by atoms with van der Waals surface area (Å²) in [5.74, 6) is 0.448. The molecule has 2 aromatic rings. The van der Waals surface area contributed by atoms with E-state index in [1.165, 1.54) is 0 Å². The van der Waals surface area contributed by atoms with Gasteiger partial charge in [0.25, 0.3) is 0 Å². The number of carbonyl (C=O) groups is 1. The lowest BCUT2D eigenvalue weighted by Crippen LogP contribution is -2.21. The van der Waals surface area contributed by atoms with E-state index in [0.717, 1.165) is 15.8 Å². The van der Waals surface area contributed by atoms with Crippen molar-refractivity contribution in [3.05, 3.63) is 47.1 Å². The number of hydrogen-bond donors (Lipinski definition) is 2. The fourth-order valence-corrected chi connectivity index (χ4v) is 2.07. The third-order valence-corrected chi connectivity index (χ3v) is 3.08. The van der Waals surface area contributed by atoms with Crippen molar-refractivity contribution in [2.45, 2.75) is 6.92 Å². The molecule has 0 spiro atoms. The Labute approximate surface area is 131 Å². The van der Waals surface area contributed by atoms with Crippen LogP contribution in [0.4, 0.5) is 11.4 Å². The molecular formula is C15H16BrN3O2. The van der Waals surface area contributed by atoms with Crippen LogP contribution in [-0.2, 0) is 4.79 Å². The first-order valence-electron chi connectivity index (χ1n) is 6.55. The Balaban J connectivity index is 1.83. The van der Waals surface area contributed by atoms with Crippen LogP contribution in [0.25, 0.3) is 0 Å². The van der Waals surface area contributed by atoms with E-state index in [2.05, 4.69) is 31.5 Å². The summed E-state index contributed by atoms with van der Waals surface area (Å²) in [6.07, 6.45) is 1.64. The first-order chi connectivity index (χ1) is 10.2. The van der Waals surface area contributed by atoms with E-state index < -0.39 is 0 Å². The minimum atomic E-state index is -0.123. The number of nitrogens with zero attached hydrogens (tertiary/aromatic N) is 1. The average Bonchev–Trinajstić information content (AvgIpc) is 2.47. The topological polar surface area (TPSA) is 63.2 Å². The summed E-state index contributed by atoms with van der Waals surface area (Å²) >= 11 is 3.36. The van der Waals surface area contributed by atoms with Crippen molar-refractivity contribution >= 4 is 33.2 Å². The predicted molar refractivity (Wildman–Crippen MR) is 86.7 cm³/mol. The number of ether oxygens (including phenoxy) is 1. The zero-order chi connectivity index (χ0) is 15.1. The van der Waals surface area contributed by atoms with E-state index in [0.29, 0.717) is 12.5 Å². The highest BCUT2D eigenvalue weighted by atomic mass is 79.9. The molecule has 1 heterocycles. The van der Waals surface area contributed by atoms with Gasteiger partial charge in [0.2, 0.25) is 11.8 Å². The molecule has 2 N–H and O–H groups in total. The lowest BCUT2D eigenvalue weighted by molar-refractivity contribution is -0.114. The second-order valence-corrected chi connectivity index (χ2v) is 5.15. The van der Waals surface area contributed by atoms with Crippen LogP contribution in [0, 0.1) is 0 Å². The van der Waals surface area contributed by atoms with Gasteiger partial charge in [-0.2, -0.15) is 0 Å². The van der Waals surface area contributed by atoms with Gasteiger partial charge < -0.3 is 15.4 Å². The zero-order valence-electron chi connectivity index (χ0n) is 11.6. The Morgan fingerprint density at radius 1 is 1.29 bits per heavy atom. The number of anilines is 2. The predicted octanol–water partition coefficient (Wildman–Crippen LogP) is 3.29. The normalized spacial score (nSPS) is 10.0. The molecule has 0 aliphatic carbocycles. The summed E-state index contributed by atoms with van der Waals surface area (Å²) < 4.78 is 6.17. The average molecular weight is 350 g/mol. The van der Waals surface area contributed by atoms with Crippen LogP contribution >= 0.6 is 15.9 Å². The Bertz CT molecular complexity index is 602. The number of pyridine rings is 1. The summed E-state index contributed by atoms with van der Waals surface area (Å²) in [5, 5.41) is 5.81. The highest BCUT2D eigenvalue weighted by molar-refractivity contribution is 9.10. The first-order valence-corrected chi connectivity index (χ1v) is 7.35. The van der Waals surface area contributed by atoms with Crippen LogP contribution in [0.15, 0.2) is 47.1 Å². The van der Waals surface area contributed by atoms with Gasteiger partial charge in [-0.1, -0.05) is 22.0 Å². The zero-order valence-corrected chi connectivity index (χ0v) is 13.2. The van der Waals surface area contributed by atoms with Crippen LogP contribution in [-0.4, -0.2) is 24.0 Å². The van der Waals surface area contributed by atoms with Gasteiger partial charge in [-0.3, -0.25) is 4.79 Å². The van der Waals surface area contributed by atoms with Gasteiger partial charge in [0, 0.05) is 16.2 Å². The van der Waals surface area contributed by atoms with Gasteiger partial charge in [-0.05, 0) is 31.2 Å². The minimum Gasteiger partial charge on any atom is -0.478 e. The molecule has 0 unspecified atom stereocenters. The number of halogens is 1. The van der Waals surface area contributed by atoms with E-state index in [-0.39, 0.29) is 12.5 Å². The fourth-order valence-electron chi connectivity index (χ4n) is 1.67. The standard InChI is InChI=1S/C15H16BrN3O2/c1-2-21-15-7-6-13(9-18-15)17-10-14(20)19-12-5-3-4-11(16)8-12/h3-9,17H,2,10H2,1H3,(H,19,20). The molecule has 110 valence electrons. The maximum Gasteiger partial charge on any atom is 0.243 e. The van der Waals surface area contributed by atoms with Crippen molar-refractivity contribution in [2.75, 3.05) is 23.8 Å². The fraction of sp³-hybridized carbons (Fsp3) is 0.200. The van der Waals surface area contributed by atoms with Crippen molar-refractivity contribution in [1.82, 2.24) is 4.98 Å².